The van der Waals surface area contributed by atoms with Crippen molar-refractivity contribution >= 4 is 11.7 Å². The van der Waals surface area contributed by atoms with Gasteiger partial charge in [-0.05, 0) is 0 Å². The van der Waals surface area contributed by atoms with Crippen molar-refractivity contribution in [3.8, 4) is 6.07 Å². The standard InChI is InChI=1S/C7H5F3N4O/c8-7(9,10)6(15)12-5-1-3-14(13-5)4-2-11/h1,3H,4H2,(H,12,13,15). The summed E-state index contributed by atoms with van der Waals surface area (Å²) < 4.78 is 36.5. The molecule has 1 aromatic rings. The van der Waals surface area contributed by atoms with Crippen LogP contribution in [0.4, 0.5) is 19.0 Å². The van der Waals surface area contributed by atoms with Crippen molar-refractivity contribution in [3.63, 3.8) is 0 Å². The molecule has 0 aromatic carbocycles. The average Bonchev–Trinajstić information content (AvgIpc) is 2.51. The van der Waals surface area contributed by atoms with Gasteiger partial charge in [-0.2, -0.15) is 23.5 Å². The molecule has 15 heavy (non-hydrogen) atoms. The maximum atomic E-state index is 11.8. The Kier molecular flexibility index (Phi) is 2.94. The topological polar surface area (TPSA) is 70.7 Å². The van der Waals surface area contributed by atoms with Crippen LogP contribution in [0.2, 0.25) is 0 Å². The first-order valence-corrected chi connectivity index (χ1v) is 3.72. The lowest BCUT2D eigenvalue weighted by molar-refractivity contribution is -0.167. The molecule has 80 valence electrons. The number of anilines is 1. The van der Waals surface area contributed by atoms with E-state index < -0.39 is 12.1 Å². The zero-order chi connectivity index (χ0) is 11.5. The number of amides is 1. The number of alkyl halides is 3. The van der Waals surface area contributed by atoms with E-state index in [4.69, 9.17) is 5.26 Å². The zero-order valence-corrected chi connectivity index (χ0v) is 7.25. The number of aromatic nitrogens is 2. The summed E-state index contributed by atoms with van der Waals surface area (Å²) in [6.07, 6.45) is -3.66. The molecule has 0 fully saturated rings. The van der Waals surface area contributed by atoms with Crippen LogP contribution in [-0.2, 0) is 11.3 Å². The van der Waals surface area contributed by atoms with Gasteiger partial charge in [-0.3, -0.25) is 9.48 Å². The summed E-state index contributed by atoms with van der Waals surface area (Å²) in [4.78, 5) is 10.5. The molecule has 0 saturated carbocycles. The van der Waals surface area contributed by atoms with E-state index in [1.54, 1.807) is 11.4 Å². The van der Waals surface area contributed by atoms with E-state index in [1.807, 2.05) is 0 Å². The van der Waals surface area contributed by atoms with Gasteiger partial charge in [0, 0.05) is 12.3 Å². The first-order valence-electron chi connectivity index (χ1n) is 3.72. The van der Waals surface area contributed by atoms with E-state index in [-0.39, 0.29) is 12.4 Å². The van der Waals surface area contributed by atoms with Crippen molar-refractivity contribution in [1.82, 2.24) is 9.78 Å². The first-order chi connectivity index (χ1) is 6.93. The molecular formula is C7H5F3N4O. The van der Waals surface area contributed by atoms with Gasteiger partial charge in [-0.25, -0.2) is 0 Å². The van der Waals surface area contributed by atoms with E-state index in [9.17, 15) is 18.0 Å². The fourth-order valence-electron chi connectivity index (χ4n) is 0.776. The number of rotatable bonds is 2. The second-order valence-electron chi connectivity index (χ2n) is 2.51. The number of carbonyl (C=O) groups is 1. The molecule has 1 rings (SSSR count). The van der Waals surface area contributed by atoms with Crippen LogP contribution in [0.3, 0.4) is 0 Å². The lowest BCUT2D eigenvalue weighted by atomic mass is 10.5. The third kappa shape index (κ3) is 2.98. The van der Waals surface area contributed by atoms with Crippen LogP contribution in [0, 0.1) is 11.3 Å². The van der Waals surface area contributed by atoms with Gasteiger partial charge in [-0.1, -0.05) is 0 Å². The Morgan fingerprint density at radius 3 is 2.87 bits per heavy atom. The molecule has 0 bridgehead atoms. The summed E-state index contributed by atoms with van der Waals surface area (Å²) in [5.74, 6) is -2.34. The fraction of sp³-hybridized carbons (Fsp3) is 0.286. The Bertz CT molecular complexity index is 403. The smallest absolute Gasteiger partial charge is 0.301 e. The van der Waals surface area contributed by atoms with E-state index in [0.29, 0.717) is 0 Å². The minimum absolute atomic E-state index is 0.0953. The monoisotopic (exact) mass is 218 g/mol. The van der Waals surface area contributed by atoms with Crippen LogP contribution >= 0.6 is 0 Å². The Balaban J connectivity index is 2.66. The number of hydrogen-bond donors (Lipinski definition) is 1. The number of carbonyl (C=O) groups excluding carboxylic acids is 1. The van der Waals surface area contributed by atoms with E-state index in [2.05, 4.69) is 5.10 Å². The van der Waals surface area contributed by atoms with Gasteiger partial charge in [-0.15, -0.1) is 0 Å². The normalized spacial score (nSPS) is 10.8. The second kappa shape index (κ2) is 4.00. The molecule has 0 aliphatic heterocycles. The number of halogens is 3. The summed E-state index contributed by atoms with van der Waals surface area (Å²) in [6, 6.07) is 2.91. The molecule has 0 aliphatic carbocycles. The van der Waals surface area contributed by atoms with Gasteiger partial charge in [0.05, 0.1) is 6.07 Å². The molecule has 5 nitrogen and oxygen atoms in total. The van der Waals surface area contributed by atoms with Gasteiger partial charge in [0.15, 0.2) is 5.82 Å². The van der Waals surface area contributed by atoms with Crippen molar-refractivity contribution in [2.75, 3.05) is 5.32 Å². The van der Waals surface area contributed by atoms with Gasteiger partial charge in [0.25, 0.3) is 0 Å². The van der Waals surface area contributed by atoms with Crippen LogP contribution < -0.4 is 5.32 Å². The summed E-state index contributed by atoms with van der Waals surface area (Å²) in [7, 11) is 0. The Morgan fingerprint density at radius 2 is 2.33 bits per heavy atom. The predicted octanol–water partition coefficient (Wildman–Crippen LogP) is 0.907. The highest BCUT2D eigenvalue weighted by atomic mass is 19.4. The fourth-order valence-corrected chi connectivity index (χ4v) is 0.776. The molecule has 0 saturated heterocycles. The number of nitrogens with zero attached hydrogens (tertiary/aromatic N) is 3. The van der Waals surface area contributed by atoms with Crippen molar-refractivity contribution in [2.24, 2.45) is 0 Å². The van der Waals surface area contributed by atoms with Crippen molar-refractivity contribution < 1.29 is 18.0 Å². The van der Waals surface area contributed by atoms with Gasteiger partial charge in [0.2, 0.25) is 0 Å². The first kappa shape index (κ1) is 11.0. The van der Waals surface area contributed by atoms with Gasteiger partial charge < -0.3 is 5.32 Å². The quantitative estimate of drug-likeness (QED) is 0.801. The third-order valence-electron chi connectivity index (χ3n) is 1.37. The number of nitrogens with one attached hydrogen (secondary N) is 1. The maximum absolute atomic E-state index is 11.8. The Labute approximate surface area is 82.1 Å². The number of nitriles is 1. The summed E-state index contributed by atoms with van der Waals surface area (Å²) in [5, 5.41) is 13.3. The molecule has 1 heterocycles. The summed E-state index contributed by atoms with van der Waals surface area (Å²) >= 11 is 0. The van der Waals surface area contributed by atoms with Crippen molar-refractivity contribution in [1.29, 1.82) is 5.26 Å². The van der Waals surface area contributed by atoms with Crippen LogP contribution in [-0.4, -0.2) is 21.9 Å². The highest BCUT2D eigenvalue weighted by Crippen LogP contribution is 2.16. The van der Waals surface area contributed by atoms with Crippen LogP contribution in [0.25, 0.3) is 0 Å². The van der Waals surface area contributed by atoms with Crippen molar-refractivity contribution in [3.05, 3.63) is 12.3 Å². The molecule has 0 radical (unpaired) electrons. The van der Waals surface area contributed by atoms with Crippen LogP contribution in [0.1, 0.15) is 0 Å². The molecule has 1 amide bonds. The SMILES string of the molecule is N#CCn1ccc(NC(=O)C(F)(F)F)n1. The molecule has 1 N–H and O–H groups in total. The van der Waals surface area contributed by atoms with E-state index in [0.717, 1.165) is 4.68 Å². The lowest BCUT2D eigenvalue weighted by Gasteiger charge is -2.04. The molecule has 0 unspecified atom stereocenters. The molecule has 1 aromatic heterocycles. The van der Waals surface area contributed by atoms with Crippen LogP contribution in [0.5, 0.6) is 0 Å². The Morgan fingerprint density at radius 1 is 1.67 bits per heavy atom. The molecule has 0 spiro atoms. The van der Waals surface area contributed by atoms with E-state index in [1.165, 1.54) is 12.3 Å². The van der Waals surface area contributed by atoms with Crippen molar-refractivity contribution in [2.45, 2.75) is 12.7 Å². The van der Waals surface area contributed by atoms with Gasteiger partial charge in [0.1, 0.15) is 6.54 Å². The molecule has 8 heteroatoms. The minimum Gasteiger partial charge on any atom is -0.301 e. The summed E-state index contributed by atoms with van der Waals surface area (Å²) in [6.45, 7) is -0.0953. The lowest BCUT2D eigenvalue weighted by Crippen LogP contribution is -2.30. The summed E-state index contributed by atoms with van der Waals surface area (Å²) in [5.41, 5.74) is 0. The highest BCUT2D eigenvalue weighted by molar-refractivity contribution is 5.94. The minimum atomic E-state index is -4.95. The molecular weight excluding hydrogens is 213 g/mol. The third-order valence-corrected chi connectivity index (χ3v) is 1.37. The second-order valence-corrected chi connectivity index (χ2v) is 2.51. The molecule has 0 atom stereocenters. The zero-order valence-electron chi connectivity index (χ0n) is 7.25. The van der Waals surface area contributed by atoms with E-state index >= 15 is 0 Å². The molecule has 0 aliphatic rings. The number of hydrogen-bond acceptors (Lipinski definition) is 3. The largest absolute Gasteiger partial charge is 0.471 e. The highest BCUT2D eigenvalue weighted by Gasteiger charge is 2.38. The Hall–Kier alpha value is -2.04. The average molecular weight is 218 g/mol. The van der Waals surface area contributed by atoms with Gasteiger partial charge >= 0.3 is 12.1 Å². The maximum Gasteiger partial charge on any atom is 0.471 e. The van der Waals surface area contributed by atoms with Crippen LogP contribution in [0.15, 0.2) is 12.3 Å². The predicted molar refractivity (Wildman–Crippen MR) is 42.5 cm³/mol.